The zero-order valence-corrected chi connectivity index (χ0v) is 18.0. The molecule has 1 saturated carbocycles. The van der Waals surface area contributed by atoms with Gasteiger partial charge in [0.2, 0.25) is 0 Å². The molecule has 5 aromatic heterocycles. The topological polar surface area (TPSA) is 108 Å². The molecule has 1 aliphatic rings. The number of imidazole rings is 1. The fraction of sp³-hybridized carbons (Fsp3) is 0.292. The van der Waals surface area contributed by atoms with E-state index in [2.05, 4.69) is 40.4 Å². The Kier molecular flexibility index (Phi) is 5.03. The van der Waals surface area contributed by atoms with Crippen LogP contribution in [0.5, 0.6) is 0 Å². The highest BCUT2D eigenvalue weighted by atomic mass is 19.1. The first-order valence-electron chi connectivity index (χ1n) is 11.2. The predicted octanol–water partition coefficient (Wildman–Crippen LogP) is 4.38. The second kappa shape index (κ2) is 8.32. The lowest BCUT2D eigenvalue weighted by Gasteiger charge is -2.11. The number of H-pyrrole nitrogens is 2. The van der Waals surface area contributed by atoms with E-state index in [9.17, 15) is 0 Å². The van der Waals surface area contributed by atoms with Crippen molar-refractivity contribution in [1.82, 2.24) is 40.4 Å². The molecule has 3 N–H and O–H groups in total. The summed E-state index contributed by atoms with van der Waals surface area (Å²) in [5, 5.41) is 10.9. The Balaban J connectivity index is 1.32. The first kappa shape index (κ1) is 19.9. The molecule has 0 aromatic carbocycles. The number of fused-ring (bicyclic) bond motifs is 2. The van der Waals surface area contributed by atoms with Crippen LogP contribution in [0.4, 0.5) is 4.39 Å². The van der Waals surface area contributed by atoms with Crippen LogP contribution in [0.1, 0.15) is 31.2 Å². The lowest BCUT2D eigenvalue weighted by molar-refractivity contribution is 0.489. The molecule has 1 aliphatic carbocycles. The van der Waals surface area contributed by atoms with Crippen LogP contribution in [0.15, 0.2) is 43.0 Å². The maximum Gasteiger partial charge on any atom is 0.184 e. The third-order valence-corrected chi connectivity index (χ3v) is 6.36. The standard InChI is InChI=1S/C24H23FN8/c25-20-17(16-8-15(11-27-12-16)10-26-9-14-4-1-2-5-14)13-29-23-19(20)21(32-33-23)24-30-18-6-3-7-28-22(18)31-24/h3,6-8,11-14,26H,1-2,4-5,9-10H2,(H,28,30,31)(H,29,32,33). The van der Waals surface area contributed by atoms with Gasteiger partial charge in [0.1, 0.15) is 11.5 Å². The molecule has 5 aromatic rings. The molecule has 0 atom stereocenters. The number of aromatic amines is 2. The summed E-state index contributed by atoms with van der Waals surface area (Å²) < 4.78 is 15.8. The van der Waals surface area contributed by atoms with Crippen molar-refractivity contribution in [3.8, 4) is 22.6 Å². The predicted molar refractivity (Wildman–Crippen MR) is 124 cm³/mol. The third-order valence-electron chi connectivity index (χ3n) is 6.36. The number of hydrogen-bond donors (Lipinski definition) is 3. The van der Waals surface area contributed by atoms with Crippen LogP contribution in [0.25, 0.3) is 44.8 Å². The molecular formula is C24H23FN8. The Hall–Kier alpha value is -3.72. The highest BCUT2D eigenvalue weighted by Gasteiger charge is 2.20. The molecular weight excluding hydrogens is 419 g/mol. The Bertz CT molecular complexity index is 1400. The molecule has 9 heteroatoms. The molecule has 0 saturated heterocycles. The second-order valence-corrected chi connectivity index (χ2v) is 8.61. The van der Waals surface area contributed by atoms with Crippen molar-refractivity contribution in [3.05, 3.63) is 54.4 Å². The van der Waals surface area contributed by atoms with Gasteiger partial charge in [0.15, 0.2) is 17.1 Å². The van der Waals surface area contributed by atoms with E-state index < -0.39 is 5.82 Å². The van der Waals surface area contributed by atoms with Gasteiger partial charge in [0, 0.05) is 42.5 Å². The van der Waals surface area contributed by atoms with Crippen molar-refractivity contribution in [3.63, 3.8) is 0 Å². The fourth-order valence-electron chi connectivity index (χ4n) is 4.65. The van der Waals surface area contributed by atoms with E-state index in [1.807, 2.05) is 24.4 Å². The van der Waals surface area contributed by atoms with E-state index in [-0.39, 0.29) is 5.39 Å². The van der Waals surface area contributed by atoms with Crippen LogP contribution in [0, 0.1) is 11.7 Å². The van der Waals surface area contributed by atoms with E-state index in [1.54, 1.807) is 12.4 Å². The highest BCUT2D eigenvalue weighted by Crippen LogP contribution is 2.32. The summed E-state index contributed by atoms with van der Waals surface area (Å²) in [6.45, 7) is 1.72. The van der Waals surface area contributed by atoms with E-state index in [0.717, 1.165) is 23.5 Å². The van der Waals surface area contributed by atoms with Crippen LogP contribution in [-0.4, -0.2) is 41.7 Å². The van der Waals surface area contributed by atoms with E-state index >= 15 is 4.39 Å². The average molecular weight is 443 g/mol. The van der Waals surface area contributed by atoms with Crippen molar-refractivity contribution in [2.75, 3.05) is 6.54 Å². The summed E-state index contributed by atoms with van der Waals surface area (Å²) in [7, 11) is 0. The molecule has 1 fully saturated rings. The maximum absolute atomic E-state index is 15.8. The molecule has 0 spiro atoms. The molecule has 33 heavy (non-hydrogen) atoms. The van der Waals surface area contributed by atoms with Crippen LogP contribution in [0.2, 0.25) is 0 Å². The number of nitrogens with one attached hydrogen (secondary N) is 3. The number of aromatic nitrogens is 7. The number of hydrogen-bond acceptors (Lipinski definition) is 6. The normalized spacial score (nSPS) is 14.6. The SMILES string of the molecule is Fc1c(-c2cncc(CNCC3CCCC3)c2)cnc2n[nH]c(-c3nc4ncccc4[nH]3)c12. The van der Waals surface area contributed by atoms with Gasteiger partial charge in [-0.25, -0.2) is 19.3 Å². The summed E-state index contributed by atoms with van der Waals surface area (Å²) in [4.78, 5) is 20.6. The number of nitrogens with zero attached hydrogens (tertiary/aromatic N) is 5. The van der Waals surface area contributed by atoms with Crippen molar-refractivity contribution in [2.24, 2.45) is 5.92 Å². The van der Waals surface area contributed by atoms with Gasteiger partial charge in [0.25, 0.3) is 0 Å². The van der Waals surface area contributed by atoms with Crippen LogP contribution < -0.4 is 5.32 Å². The lowest BCUT2D eigenvalue weighted by Crippen LogP contribution is -2.20. The first-order valence-corrected chi connectivity index (χ1v) is 11.2. The molecule has 0 aliphatic heterocycles. The van der Waals surface area contributed by atoms with Gasteiger partial charge < -0.3 is 10.3 Å². The second-order valence-electron chi connectivity index (χ2n) is 8.61. The number of rotatable bonds is 6. The molecule has 6 rings (SSSR count). The molecule has 0 radical (unpaired) electrons. The van der Waals surface area contributed by atoms with Crippen LogP contribution >= 0.6 is 0 Å². The van der Waals surface area contributed by atoms with Crippen molar-refractivity contribution >= 4 is 22.2 Å². The zero-order chi connectivity index (χ0) is 22.2. The van der Waals surface area contributed by atoms with Crippen molar-refractivity contribution in [1.29, 1.82) is 0 Å². The Labute approximate surface area is 189 Å². The zero-order valence-electron chi connectivity index (χ0n) is 18.0. The van der Waals surface area contributed by atoms with Gasteiger partial charge in [0.05, 0.1) is 10.9 Å². The molecule has 5 heterocycles. The minimum atomic E-state index is -0.407. The van der Waals surface area contributed by atoms with Gasteiger partial charge in [-0.1, -0.05) is 12.8 Å². The Morgan fingerprint density at radius 1 is 1.09 bits per heavy atom. The van der Waals surface area contributed by atoms with Crippen molar-refractivity contribution < 1.29 is 4.39 Å². The minimum Gasteiger partial charge on any atom is -0.335 e. The number of pyridine rings is 3. The van der Waals surface area contributed by atoms with Gasteiger partial charge in [-0.2, -0.15) is 5.10 Å². The van der Waals surface area contributed by atoms with E-state index in [0.29, 0.717) is 40.5 Å². The summed E-state index contributed by atoms with van der Waals surface area (Å²) >= 11 is 0. The molecule has 0 bridgehead atoms. The first-order chi connectivity index (χ1) is 16.3. The number of halogens is 1. The largest absolute Gasteiger partial charge is 0.335 e. The van der Waals surface area contributed by atoms with E-state index in [1.165, 1.54) is 31.9 Å². The minimum absolute atomic E-state index is 0.288. The highest BCUT2D eigenvalue weighted by molar-refractivity contribution is 5.93. The van der Waals surface area contributed by atoms with Crippen LogP contribution in [0.3, 0.4) is 0 Å². The Morgan fingerprint density at radius 2 is 2.00 bits per heavy atom. The van der Waals surface area contributed by atoms with Gasteiger partial charge >= 0.3 is 0 Å². The summed E-state index contributed by atoms with van der Waals surface area (Å²) in [5.74, 6) is 0.820. The lowest BCUT2D eigenvalue weighted by atomic mass is 10.0. The summed E-state index contributed by atoms with van der Waals surface area (Å²) in [5.41, 5.74) is 4.13. The smallest absolute Gasteiger partial charge is 0.184 e. The monoisotopic (exact) mass is 442 g/mol. The Morgan fingerprint density at radius 3 is 2.88 bits per heavy atom. The third kappa shape index (κ3) is 3.74. The molecule has 0 unspecified atom stereocenters. The molecule has 8 nitrogen and oxygen atoms in total. The quantitative estimate of drug-likeness (QED) is 0.360. The van der Waals surface area contributed by atoms with Crippen LogP contribution in [-0.2, 0) is 6.54 Å². The molecule has 166 valence electrons. The molecule has 0 amide bonds. The van der Waals surface area contributed by atoms with Crippen molar-refractivity contribution in [2.45, 2.75) is 32.2 Å². The average Bonchev–Trinajstić information content (AvgIpc) is 3.59. The summed E-state index contributed by atoms with van der Waals surface area (Å²) in [6, 6.07) is 5.65. The van der Waals surface area contributed by atoms with E-state index in [4.69, 9.17) is 0 Å². The van der Waals surface area contributed by atoms with Gasteiger partial charge in [-0.05, 0) is 49.1 Å². The fourth-order valence-corrected chi connectivity index (χ4v) is 4.65. The summed E-state index contributed by atoms with van der Waals surface area (Å²) in [6.07, 6.45) is 11.9. The van der Waals surface area contributed by atoms with Gasteiger partial charge in [-0.15, -0.1) is 0 Å². The van der Waals surface area contributed by atoms with Gasteiger partial charge in [-0.3, -0.25) is 10.1 Å². The maximum atomic E-state index is 15.8.